The number of ether oxygens (including phenoxy) is 6. The number of halogens is 3. The Labute approximate surface area is 551 Å². The summed E-state index contributed by atoms with van der Waals surface area (Å²) in [6.07, 6.45) is 4.15. The molecule has 3 aromatic rings. The number of benzene rings is 2. The van der Waals surface area contributed by atoms with Crippen molar-refractivity contribution in [2.45, 2.75) is 159 Å². The number of fused-ring (bicyclic) bond motifs is 6. The number of urea groups is 1. The third-order valence-electron chi connectivity index (χ3n) is 16.7. The molecule has 6 rings (SSSR count). The number of carbonyl (C=O) groups excluding carboxylic acids is 9. The number of nitrogens with zero attached hydrogens (tertiary/aromatic N) is 3. The number of carbonyl (C=O) groups is 9. The van der Waals surface area contributed by atoms with E-state index in [9.17, 15) is 48.3 Å². The van der Waals surface area contributed by atoms with Crippen LogP contribution in [0.15, 0.2) is 66.4 Å². The van der Waals surface area contributed by atoms with Crippen LogP contribution in [0.3, 0.4) is 0 Å². The van der Waals surface area contributed by atoms with E-state index in [0.717, 1.165) is 22.3 Å². The number of epoxide rings is 1. The molecule has 2 saturated heterocycles. The van der Waals surface area contributed by atoms with Gasteiger partial charge in [-0.05, 0) is 94.7 Å². The zero-order valence-corrected chi connectivity index (χ0v) is 56.8. The Bertz CT molecular complexity index is 3230. The van der Waals surface area contributed by atoms with E-state index in [-0.39, 0.29) is 65.3 Å². The van der Waals surface area contributed by atoms with E-state index in [1.165, 1.54) is 58.5 Å². The van der Waals surface area contributed by atoms with Crippen molar-refractivity contribution in [1.29, 1.82) is 0 Å². The maximum atomic E-state index is 14.7. The van der Waals surface area contributed by atoms with Crippen molar-refractivity contribution in [3.8, 4) is 5.75 Å². The lowest BCUT2D eigenvalue weighted by atomic mass is 9.83. The van der Waals surface area contributed by atoms with Gasteiger partial charge in [0.1, 0.15) is 58.4 Å². The van der Waals surface area contributed by atoms with Crippen LogP contribution in [-0.4, -0.2) is 181 Å². The highest BCUT2D eigenvalue weighted by Crippen LogP contribution is 2.49. The van der Waals surface area contributed by atoms with Crippen LogP contribution >= 0.6 is 43.5 Å². The van der Waals surface area contributed by atoms with E-state index in [4.69, 9.17) is 45.8 Å². The molecule has 4 heterocycles. The Morgan fingerprint density at radius 1 is 1.04 bits per heavy atom. The van der Waals surface area contributed by atoms with Crippen LogP contribution in [-0.2, 0) is 58.9 Å². The minimum absolute atomic E-state index is 0.0199. The van der Waals surface area contributed by atoms with Crippen LogP contribution in [0.4, 0.5) is 21.0 Å². The molecule has 3 aliphatic heterocycles. The fourth-order valence-corrected chi connectivity index (χ4v) is 12.8. The number of alkyl carbamates (subject to hydrolysis) is 1. The predicted molar refractivity (Wildman–Crippen MR) is 347 cm³/mol. The van der Waals surface area contributed by atoms with E-state index in [1.807, 2.05) is 13.0 Å². The van der Waals surface area contributed by atoms with Crippen molar-refractivity contribution in [1.82, 2.24) is 31.2 Å². The molecule has 1 aromatic heterocycles. The van der Waals surface area contributed by atoms with Gasteiger partial charge in [-0.1, -0.05) is 101 Å². The number of methoxy groups -OCH3 is 2. The van der Waals surface area contributed by atoms with E-state index in [1.54, 1.807) is 64.1 Å². The minimum Gasteiger partial charge on any atom is -0.495 e. The van der Waals surface area contributed by atoms with Crippen molar-refractivity contribution in [2.24, 2.45) is 17.6 Å². The lowest BCUT2D eigenvalue weighted by Gasteiger charge is -2.42. The first-order valence-corrected chi connectivity index (χ1v) is 32.6. The van der Waals surface area contributed by atoms with Gasteiger partial charge in [0.2, 0.25) is 23.6 Å². The molecule has 0 unspecified atom stereocenters. The Balaban J connectivity index is 1.21. The van der Waals surface area contributed by atoms with Crippen LogP contribution in [0.1, 0.15) is 109 Å². The Kier molecular flexibility index (Phi) is 26.3. The number of nitrogens with one attached hydrogen (secondary N) is 5. The summed E-state index contributed by atoms with van der Waals surface area (Å²) in [5.74, 6) is -4.55. The lowest BCUT2D eigenvalue weighted by molar-refractivity contribution is -0.158. The number of rotatable bonds is 26. The molecule has 91 heavy (non-hydrogen) atoms. The third kappa shape index (κ3) is 18.5. The topological polar surface area (TPSA) is 338 Å². The number of pyridine rings is 1. The number of allylic oxidation sites excluding steroid dienone is 3. The number of aliphatic hydroxyl groups is 1. The highest BCUT2D eigenvalue weighted by molar-refractivity contribution is 9.10. The molecule has 2 fully saturated rings. The Morgan fingerprint density at radius 3 is 2.43 bits per heavy atom. The highest BCUT2D eigenvalue weighted by atomic mass is 79.9. The molecule has 0 spiro atoms. The number of hydrogen-bond donors (Lipinski definition) is 7. The number of anilines is 2. The normalized spacial score (nSPS) is 23.7. The summed E-state index contributed by atoms with van der Waals surface area (Å²) in [4.78, 5) is 129. The number of esters is 1. The molecule has 498 valence electrons. The largest absolute Gasteiger partial charge is 0.495 e. The fourth-order valence-electron chi connectivity index (χ4n) is 10.9. The molecule has 0 radical (unpaired) electrons. The number of likely N-dealkylation sites (N-methyl/N-ethyl adjacent to an activating group) is 1. The molecule has 10 atom stereocenters. The van der Waals surface area contributed by atoms with Crippen LogP contribution in [0.25, 0.3) is 10.9 Å². The summed E-state index contributed by atoms with van der Waals surface area (Å²) >= 11 is 13.5. The average molecular weight is 1420 g/mol. The number of aromatic nitrogens is 1. The maximum Gasteiger partial charge on any atom is 0.409 e. The third-order valence-corrected chi connectivity index (χ3v) is 19.0. The van der Waals surface area contributed by atoms with Gasteiger partial charge in [0.05, 0.1) is 36.5 Å². The predicted octanol–water partition coefficient (Wildman–Crippen LogP) is 6.69. The first-order chi connectivity index (χ1) is 43.1. The van der Waals surface area contributed by atoms with E-state index in [2.05, 4.69) is 63.4 Å². The van der Waals surface area contributed by atoms with Gasteiger partial charge in [-0.3, -0.25) is 34.3 Å². The zero-order valence-electron chi connectivity index (χ0n) is 52.9. The Hall–Kier alpha value is -6.75. The van der Waals surface area contributed by atoms with Crippen molar-refractivity contribution >= 4 is 120 Å². The molecular weight excluding hydrogens is 1330 g/mol. The number of amides is 8. The second-order valence-electron chi connectivity index (χ2n) is 23.8. The maximum absolute atomic E-state index is 14.7. The number of nitrogens with two attached hydrogens (primary N) is 1. The fraction of sp³-hybridized carbons (Fsp3) is 0.556. The highest BCUT2D eigenvalue weighted by Gasteiger charge is 2.64. The van der Waals surface area contributed by atoms with Gasteiger partial charge in [-0.25, -0.2) is 14.4 Å². The molecule has 4 bridgehead atoms. The molecule has 3 aliphatic rings. The van der Waals surface area contributed by atoms with Gasteiger partial charge >= 0.3 is 18.1 Å². The van der Waals surface area contributed by atoms with Gasteiger partial charge in [0, 0.05) is 80.9 Å². The number of primary amides is 1. The van der Waals surface area contributed by atoms with Crippen LogP contribution in [0, 0.1) is 11.8 Å². The van der Waals surface area contributed by atoms with E-state index in [0.29, 0.717) is 54.4 Å². The summed E-state index contributed by atoms with van der Waals surface area (Å²) in [6, 6.07) is 5.26. The van der Waals surface area contributed by atoms with Crippen molar-refractivity contribution in [2.75, 3.05) is 62.3 Å². The number of aldehydes is 1. The van der Waals surface area contributed by atoms with E-state index < -0.39 is 119 Å². The second kappa shape index (κ2) is 32.7. The average Bonchev–Trinajstić information content (AvgIpc) is 1.59. The van der Waals surface area contributed by atoms with Crippen molar-refractivity contribution in [3.63, 3.8) is 0 Å². The molecule has 0 saturated carbocycles. The molecule has 28 heteroatoms. The molecule has 8 N–H and O–H groups in total. The van der Waals surface area contributed by atoms with Crippen molar-refractivity contribution < 1.29 is 76.7 Å². The summed E-state index contributed by atoms with van der Waals surface area (Å²) in [6.45, 7) is 10.6. The van der Waals surface area contributed by atoms with E-state index >= 15 is 0 Å². The van der Waals surface area contributed by atoms with Gasteiger partial charge in [0.25, 0.3) is 5.91 Å². The van der Waals surface area contributed by atoms with Crippen LogP contribution in [0.2, 0.25) is 5.02 Å². The van der Waals surface area contributed by atoms with Crippen molar-refractivity contribution in [3.05, 3.63) is 82.5 Å². The zero-order chi connectivity index (χ0) is 67.1. The van der Waals surface area contributed by atoms with Gasteiger partial charge in [-0.15, -0.1) is 0 Å². The van der Waals surface area contributed by atoms with Gasteiger partial charge in [0.15, 0.2) is 12.0 Å². The Morgan fingerprint density at radius 2 is 1.77 bits per heavy atom. The SMILES string of the molecule is COc1cc2cc(c1Cl)N(C)C(=O)C[C@H](OC(=O)[C@H](C)N(C)C(=O)c1ccc(NC(=O)[C@H](CCCNC(N)=O)NC(=O)[C@@H](NC(=O)CCCCCOC(C=O)(CBr)CBr)C(C)C)c3ncccc13)[C@]1(C)O[C@H]1[C@H](C)[C@@H]1C[C@@](O)(NC(=O)O1)[C@H](OC)/C=C/C=C(\C)C2. The smallest absolute Gasteiger partial charge is 0.409 e. The minimum atomic E-state index is -1.93. The quantitative estimate of drug-likeness (QED) is 0.0145. The number of hydrogen-bond acceptors (Lipinski definition) is 17. The van der Waals surface area contributed by atoms with Crippen LogP contribution < -0.4 is 42.0 Å². The lowest BCUT2D eigenvalue weighted by Crippen LogP contribution is -2.63. The number of alkyl halides is 2. The second-order valence-corrected chi connectivity index (χ2v) is 25.3. The number of unbranched alkanes of at least 4 members (excludes halogenated alkanes) is 2. The molecule has 2 aromatic carbocycles. The van der Waals surface area contributed by atoms with Crippen LogP contribution in [0.5, 0.6) is 5.75 Å². The summed E-state index contributed by atoms with van der Waals surface area (Å²) in [5, 5.41) is 26.4. The molecule has 8 amide bonds. The molecular formula is C63H84Br2ClN9O16. The van der Waals surface area contributed by atoms with Gasteiger partial charge in [-0.2, -0.15) is 0 Å². The summed E-state index contributed by atoms with van der Waals surface area (Å²) in [5.41, 5.74) is 3.33. The monoisotopic (exact) mass is 1420 g/mol. The first-order valence-electron chi connectivity index (χ1n) is 30.0. The first kappa shape index (κ1) is 73.3. The molecule has 0 aliphatic carbocycles. The standard InChI is InChI=1S/C63H84Br2ClN9O16/c1-35(2)52(72-49(77)21-12-11-13-26-88-62(32-64,33-65)34-76)56(80)71-43(19-16-25-69-59(67)83)55(79)70-42-23-22-41(40-18-15-24-68-53(40)42)57(81)74(7)38(5)58(82)90-48-30-50(78)75(8)44-28-39(29-45(86-9)51(44)66)27-36(3)17-14-20-47(87-10)63(85)31-46(89-60(84)73-63)37(4)54-61(48,6)91-54/h14-15,17-18,20,22-24,28-29,34-35,37-38,43,46-48,52,54,85H,11-13,16,19,21,25-27,30-33H2,1-10H3,(H,70,79)(H,71,80)(H,72,77)(H,73,84)(H3,67,69,83)/b20-14+,36-17+/t37-,38+,43+,46+,47-,48+,52+,54+,61+,63+/m1/s1. The summed E-state index contributed by atoms with van der Waals surface area (Å²) in [7, 11) is 5.78. The summed E-state index contributed by atoms with van der Waals surface area (Å²) < 4.78 is 35.5. The van der Waals surface area contributed by atoms with Gasteiger partial charge < -0.3 is 75.1 Å². The molecule has 25 nitrogen and oxygen atoms in total.